The van der Waals surface area contributed by atoms with Gasteiger partial charge in [0.15, 0.2) is 0 Å². The van der Waals surface area contributed by atoms with Crippen LogP contribution in [0.25, 0.3) is 11.1 Å². The Morgan fingerprint density at radius 3 is 2.21 bits per heavy atom. The van der Waals surface area contributed by atoms with E-state index in [1.54, 1.807) is 19.9 Å². The number of carbonyl (C=O) groups excluding carboxylic acids is 3. The summed E-state index contributed by atoms with van der Waals surface area (Å²) in [6.07, 6.45) is 0.0781. The minimum Gasteiger partial charge on any atom is -0.374 e. The normalized spacial score (nSPS) is 11.9. The fraction of sp³-hybridized carbons (Fsp3) is 0.323. The number of hydrogen-bond acceptors (Lipinski definition) is 5. The predicted molar refractivity (Wildman–Crippen MR) is 153 cm³/mol. The van der Waals surface area contributed by atoms with Crippen LogP contribution in [0.4, 0.5) is 0 Å². The zero-order chi connectivity index (χ0) is 28.3. The average Bonchev–Trinajstić information content (AvgIpc) is 2.91. The highest BCUT2D eigenvalue weighted by Crippen LogP contribution is 2.24. The minimum absolute atomic E-state index is 0.0208. The lowest BCUT2D eigenvalue weighted by Crippen LogP contribution is -2.51. The molecule has 206 valence electrons. The number of rotatable bonds is 13. The van der Waals surface area contributed by atoms with E-state index in [-0.39, 0.29) is 37.3 Å². The Bertz CT molecular complexity index is 1240. The Morgan fingerprint density at radius 2 is 1.54 bits per heavy atom. The molecule has 0 aliphatic heterocycles. The molecule has 3 amide bonds. The van der Waals surface area contributed by atoms with Crippen LogP contribution in [-0.2, 0) is 27.5 Å². The first-order valence-electron chi connectivity index (χ1n) is 13.1. The summed E-state index contributed by atoms with van der Waals surface area (Å²) in [5.74, 6) is -0.789. The second-order valence-corrected chi connectivity index (χ2v) is 10.1. The van der Waals surface area contributed by atoms with Crippen molar-refractivity contribution in [2.45, 2.75) is 51.9 Å². The molecule has 0 saturated heterocycles. The zero-order valence-electron chi connectivity index (χ0n) is 22.8. The van der Waals surface area contributed by atoms with Gasteiger partial charge in [-0.15, -0.1) is 0 Å². The van der Waals surface area contributed by atoms with E-state index in [1.807, 2.05) is 79.7 Å². The summed E-state index contributed by atoms with van der Waals surface area (Å²) in [4.78, 5) is 38.0. The molecule has 0 aliphatic rings. The van der Waals surface area contributed by atoms with Gasteiger partial charge in [-0.3, -0.25) is 14.4 Å². The van der Waals surface area contributed by atoms with E-state index in [0.29, 0.717) is 18.7 Å². The third-order valence-electron chi connectivity index (χ3n) is 5.90. The van der Waals surface area contributed by atoms with Crippen molar-refractivity contribution in [2.75, 3.05) is 13.2 Å². The zero-order valence-corrected chi connectivity index (χ0v) is 22.8. The van der Waals surface area contributed by atoms with Crippen molar-refractivity contribution in [3.63, 3.8) is 0 Å². The SMILES string of the molecule is CCNC(=O)c1ccccc1-c1ccc(CNC(=O)[C@@H](COCc2ccccc2)NC(=O)CC(C)(C)N)cc1. The largest absolute Gasteiger partial charge is 0.374 e. The fourth-order valence-electron chi connectivity index (χ4n) is 4.01. The van der Waals surface area contributed by atoms with Gasteiger partial charge < -0.3 is 26.4 Å². The Hall–Kier alpha value is -4.01. The lowest BCUT2D eigenvalue weighted by atomic mass is 9.98. The van der Waals surface area contributed by atoms with E-state index in [0.717, 1.165) is 22.3 Å². The summed E-state index contributed by atoms with van der Waals surface area (Å²) in [5.41, 5.74) is 9.47. The Morgan fingerprint density at radius 1 is 0.872 bits per heavy atom. The second-order valence-electron chi connectivity index (χ2n) is 10.1. The van der Waals surface area contributed by atoms with Crippen LogP contribution in [0.1, 0.15) is 48.7 Å². The molecule has 3 aromatic carbocycles. The summed E-state index contributed by atoms with van der Waals surface area (Å²) >= 11 is 0. The Balaban J connectivity index is 1.63. The molecule has 0 fully saturated rings. The molecule has 0 radical (unpaired) electrons. The molecule has 1 atom stereocenters. The second kappa shape index (κ2) is 14.2. The fourth-order valence-corrected chi connectivity index (χ4v) is 4.01. The van der Waals surface area contributed by atoms with Crippen molar-refractivity contribution in [1.82, 2.24) is 16.0 Å². The molecule has 0 aromatic heterocycles. The molecule has 8 heteroatoms. The van der Waals surface area contributed by atoms with Crippen molar-refractivity contribution < 1.29 is 19.1 Å². The lowest BCUT2D eigenvalue weighted by molar-refractivity contribution is -0.131. The number of nitrogens with two attached hydrogens (primary N) is 1. The number of ether oxygens (including phenoxy) is 1. The highest BCUT2D eigenvalue weighted by atomic mass is 16.5. The first-order chi connectivity index (χ1) is 18.7. The van der Waals surface area contributed by atoms with Gasteiger partial charge in [0, 0.05) is 30.6 Å². The molecule has 3 aromatic rings. The first-order valence-corrected chi connectivity index (χ1v) is 13.1. The summed E-state index contributed by atoms with van der Waals surface area (Å²) in [6, 6.07) is 23.8. The molecular weight excluding hydrogens is 492 g/mol. The van der Waals surface area contributed by atoms with Crippen molar-refractivity contribution in [1.29, 1.82) is 0 Å². The summed E-state index contributed by atoms with van der Waals surface area (Å²) in [6.45, 7) is 6.56. The van der Waals surface area contributed by atoms with Crippen molar-refractivity contribution in [2.24, 2.45) is 5.73 Å². The van der Waals surface area contributed by atoms with Gasteiger partial charge in [0.2, 0.25) is 11.8 Å². The monoisotopic (exact) mass is 530 g/mol. The van der Waals surface area contributed by atoms with Gasteiger partial charge >= 0.3 is 0 Å². The van der Waals surface area contributed by atoms with Crippen LogP contribution in [0.15, 0.2) is 78.9 Å². The molecule has 0 unspecified atom stereocenters. The molecular formula is C31H38N4O4. The smallest absolute Gasteiger partial charge is 0.251 e. The Kier molecular flexibility index (Phi) is 10.8. The van der Waals surface area contributed by atoms with Gasteiger partial charge in [0.05, 0.1) is 13.2 Å². The van der Waals surface area contributed by atoms with Gasteiger partial charge in [-0.2, -0.15) is 0 Å². The molecule has 8 nitrogen and oxygen atoms in total. The molecule has 0 saturated carbocycles. The van der Waals surface area contributed by atoms with E-state index >= 15 is 0 Å². The van der Waals surface area contributed by atoms with Crippen LogP contribution in [0, 0.1) is 0 Å². The maximum Gasteiger partial charge on any atom is 0.251 e. The van der Waals surface area contributed by atoms with E-state index in [9.17, 15) is 14.4 Å². The Labute approximate surface area is 230 Å². The average molecular weight is 531 g/mol. The van der Waals surface area contributed by atoms with Crippen molar-refractivity contribution >= 4 is 17.7 Å². The predicted octanol–water partition coefficient (Wildman–Crippen LogP) is 3.55. The molecule has 0 bridgehead atoms. The van der Waals surface area contributed by atoms with E-state index in [1.165, 1.54) is 0 Å². The quantitative estimate of drug-likeness (QED) is 0.269. The minimum atomic E-state index is -0.869. The van der Waals surface area contributed by atoms with E-state index in [2.05, 4.69) is 16.0 Å². The van der Waals surface area contributed by atoms with E-state index in [4.69, 9.17) is 10.5 Å². The molecule has 3 rings (SSSR count). The van der Waals surface area contributed by atoms with Gasteiger partial charge in [-0.05, 0) is 49.1 Å². The van der Waals surface area contributed by atoms with Crippen LogP contribution < -0.4 is 21.7 Å². The van der Waals surface area contributed by atoms with Crippen molar-refractivity contribution in [3.05, 3.63) is 95.6 Å². The maximum absolute atomic E-state index is 13.0. The number of nitrogens with one attached hydrogen (secondary N) is 3. The van der Waals surface area contributed by atoms with Crippen LogP contribution in [-0.4, -0.2) is 42.5 Å². The highest BCUT2D eigenvalue weighted by Gasteiger charge is 2.24. The van der Waals surface area contributed by atoms with Gasteiger partial charge in [-0.25, -0.2) is 0 Å². The molecule has 39 heavy (non-hydrogen) atoms. The summed E-state index contributed by atoms with van der Waals surface area (Å²) in [7, 11) is 0. The maximum atomic E-state index is 13.0. The van der Waals surface area contributed by atoms with Crippen LogP contribution >= 0.6 is 0 Å². The van der Waals surface area contributed by atoms with Gasteiger partial charge in [0.25, 0.3) is 5.91 Å². The van der Waals surface area contributed by atoms with Crippen LogP contribution in [0.5, 0.6) is 0 Å². The topological polar surface area (TPSA) is 123 Å². The van der Waals surface area contributed by atoms with Gasteiger partial charge in [0.1, 0.15) is 6.04 Å². The number of amides is 3. The third-order valence-corrected chi connectivity index (χ3v) is 5.90. The van der Waals surface area contributed by atoms with E-state index < -0.39 is 11.6 Å². The molecule has 0 heterocycles. The molecule has 5 N–H and O–H groups in total. The van der Waals surface area contributed by atoms with Crippen LogP contribution in [0.2, 0.25) is 0 Å². The number of hydrogen-bond donors (Lipinski definition) is 4. The summed E-state index contributed by atoms with van der Waals surface area (Å²) < 4.78 is 5.76. The van der Waals surface area contributed by atoms with Crippen LogP contribution in [0.3, 0.4) is 0 Å². The van der Waals surface area contributed by atoms with Crippen molar-refractivity contribution in [3.8, 4) is 11.1 Å². The lowest BCUT2D eigenvalue weighted by Gasteiger charge is -2.22. The third kappa shape index (κ3) is 9.67. The molecule has 0 aliphatic carbocycles. The molecule has 0 spiro atoms. The summed E-state index contributed by atoms with van der Waals surface area (Å²) in [5, 5.41) is 8.49. The number of benzene rings is 3. The standard InChI is InChI=1S/C31H38N4O4/c1-4-33-29(37)26-13-9-8-12-25(26)24-16-14-22(15-17-24)19-34-30(38)27(35-28(36)18-31(2,3)32)21-39-20-23-10-6-5-7-11-23/h5-17,27H,4,18-21,32H2,1-3H3,(H,33,37)(H,34,38)(H,35,36)/t27-/m1/s1. The van der Waals surface area contributed by atoms with Gasteiger partial charge in [-0.1, -0.05) is 72.8 Å². The highest BCUT2D eigenvalue weighted by molar-refractivity contribution is 6.00. The number of carbonyl (C=O) groups is 3. The first kappa shape index (κ1) is 29.5.